The van der Waals surface area contributed by atoms with Crippen molar-refractivity contribution in [1.82, 2.24) is 5.32 Å². The average molecular weight is 335 g/mol. The Labute approximate surface area is 131 Å². The minimum absolute atomic E-state index is 0.0314. The number of hydrogen-bond acceptors (Lipinski definition) is 1. The molecule has 0 radical (unpaired) electrons. The minimum Gasteiger partial charge on any atom is -0.354 e. The van der Waals surface area contributed by atoms with E-state index in [1.165, 1.54) is 17.0 Å². The second kappa shape index (κ2) is 5.18. The minimum atomic E-state index is -4.51. The summed E-state index contributed by atoms with van der Waals surface area (Å²) >= 11 is 10.9. The normalized spacial score (nSPS) is 18.3. The zero-order valence-electron chi connectivity index (χ0n) is 11.7. The highest BCUT2D eigenvalue weighted by molar-refractivity contribution is 7.80. The molecule has 114 valence electrons. The molecule has 1 aliphatic heterocycles. The van der Waals surface area contributed by atoms with Crippen molar-refractivity contribution in [3.63, 3.8) is 0 Å². The number of nitrogens with one attached hydrogen (secondary N) is 1. The maximum Gasteiger partial charge on any atom is 0.418 e. The Bertz CT molecular complexity index is 623. The van der Waals surface area contributed by atoms with E-state index in [1.807, 2.05) is 19.9 Å². The lowest BCUT2D eigenvalue weighted by atomic mass is 10.0. The van der Waals surface area contributed by atoms with Crippen LogP contribution in [0.25, 0.3) is 0 Å². The number of halogens is 4. The first-order valence-electron chi connectivity index (χ1n) is 6.20. The van der Waals surface area contributed by atoms with Gasteiger partial charge in [-0.15, -0.1) is 0 Å². The highest BCUT2D eigenvalue weighted by atomic mass is 35.5. The van der Waals surface area contributed by atoms with Crippen molar-refractivity contribution in [2.24, 2.45) is 0 Å². The lowest BCUT2D eigenvalue weighted by Gasteiger charge is -2.39. The molecule has 0 saturated carbocycles. The van der Waals surface area contributed by atoms with Crippen molar-refractivity contribution in [3.05, 3.63) is 40.6 Å². The zero-order chi connectivity index (χ0) is 16.0. The number of hydrogen-bond donors (Lipinski definition) is 1. The van der Waals surface area contributed by atoms with Crippen molar-refractivity contribution >= 4 is 34.6 Å². The first-order valence-corrected chi connectivity index (χ1v) is 6.98. The number of alkyl halides is 3. The van der Waals surface area contributed by atoms with E-state index < -0.39 is 17.3 Å². The molecule has 7 heteroatoms. The molecule has 1 N–H and O–H groups in total. The van der Waals surface area contributed by atoms with Crippen LogP contribution in [0.15, 0.2) is 30.0 Å². The summed E-state index contributed by atoms with van der Waals surface area (Å²) in [5.41, 5.74) is -0.612. The van der Waals surface area contributed by atoms with Gasteiger partial charge in [0.05, 0.1) is 16.8 Å². The average Bonchev–Trinajstić information content (AvgIpc) is 2.26. The van der Waals surface area contributed by atoms with Gasteiger partial charge in [0, 0.05) is 10.7 Å². The monoisotopic (exact) mass is 334 g/mol. The van der Waals surface area contributed by atoms with E-state index in [9.17, 15) is 13.2 Å². The molecule has 2 nitrogen and oxygen atoms in total. The first-order chi connectivity index (χ1) is 9.51. The van der Waals surface area contributed by atoms with E-state index >= 15 is 0 Å². The van der Waals surface area contributed by atoms with Crippen molar-refractivity contribution in [3.8, 4) is 0 Å². The summed E-state index contributed by atoms with van der Waals surface area (Å²) in [5, 5.41) is 3.27. The predicted octanol–water partition coefficient (Wildman–Crippen LogP) is 4.74. The molecule has 1 aromatic carbocycles. The quantitative estimate of drug-likeness (QED) is 0.747. The maximum atomic E-state index is 13.2. The van der Waals surface area contributed by atoms with Gasteiger partial charge in [-0.3, -0.25) is 4.90 Å². The number of rotatable bonds is 1. The van der Waals surface area contributed by atoms with Gasteiger partial charge in [0.1, 0.15) is 0 Å². The van der Waals surface area contributed by atoms with Crippen LogP contribution in [-0.4, -0.2) is 10.7 Å². The Balaban J connectivity index is 2.60. The van der Waals surface area contributed by atoms with Crippen LogP contribution >= 0.6 is 23.8 Å². The highest BCUT2D eigenvalue weighted by Crippen LogP contribution is 2.40. The second-order valence-corrected chi connectivity index (χ2v) is 6.26. The fourth-order valence-electron chi connectivity index (χ4n) is 2.34. The second-order valence-electron chi connectivity index (χ2n) is 5.43. The van der Waals surface area contributed by atoms with Gasteiger partial charge in [-0.25, -0.2) is 0 Å². The molecule has 0 atom stereocenters. The summed E-state index contributed by atoms with van der Waals surface area (Å²) in [4.78, 5) is 1.37. The topological polar surface area (TPSA) is 15.3 Å². The zero-order valence-corrected chi connectivity index (χ0v) is 13.2. The predicted molar refractivity (Wildman–Crippen MR) is 82.5 cm³/mol. The molecule has 2 rings (SSSR count). The molecule has 0 fully saturated rings. The molecule has 0 aromatic heterocycles. The number of anilines is 1. The van der Waals surface area contributed by atoms with Crippen LogP contribution < -0.4 is 10.2 Å². The van der Waals surface area contributed by atoms with Crippen LogP contribution in [0.1, 0.15) is 26.3 Å². The molecule has 1 heterocycles. The van der Waals surface area contributed by atoms with Crippen molar-refractivity contribution in [1.29, 1.82) is 0 Å². The molecule has 0 unspecified atom stereocenters. The smallest absolute Gasteiger partial charge is 0.354 e. The SMILES string of the molecule is CC1=CC(C)(C)NC(=S)N1c1ccc(Cl)cc1C(F)(F)F. The van der Waals surface area contributed by atoms with Gasteiger partial charge in [0.15, 0.2) is 5.11 Å². The summed E-state index contributed by atoms with van der Waals surface area (Å²) in [6.45, 7) is 5.52. The molecule has 1 aromatic rings. The van der Waals surface area contributed by atoms with Gasteiger partial charge in [-0.2, -0.15) is 13.2 Å². The first kappa shape index (κ1) is 16.1. The lowest BCUT2D eigenvalue weighted by molar-refractivity contribution is -0.137. The van der Waals surface area contributed by atoms with Gasteiger partial charge in [0.2, 0.25) is 0 Å². The van der Waals surface area contributed by atoms with Crippen LogP contribution in [0.2, 0.25) is 5.02 Å². The number of allylic oxidation sites excluding steroid dienone is 1. The molecule has 1 aliphatic rings. The molecule has 0 saturated heterocycles. The van der Waals surface area contributed by atoms with E-state index in [4.69, 9.17) is 23.8 Å². The molecule has 0 amide bonds. The lowest BCUT2D eigenvalue weighted by Crippen LogP contribution is -2.53. The maximum absolute atomic E-state index is 13.2. The largest absolute Gasteiger partial charge is 0.418 e. The highest BCUT2D eigenvalue weighted by Gasteiger charge is 2.38. The number of benzene rings is 1. The van der Waals surface area contributed by atoms with Crippen LogP contribution in [-0.2, 0) is 6.18 Å². The van der Waals surface area contributed by atoms with E-state index in [2.05, 4.69) is 5.32 Å². The third-order valence-electron chi connectivity index (χ3n) is 3.06. The summed E-state index contributed by atoms with van der Waals surface area (Å²) in [6, 6.07) is 3.66. The van der Waals surface area contributed by atoms with Crippen molar-refractivity contribution in [2.45, 2.75) is 32.5 Å². The fourth-order valence-corrected chi connectivity index (χ4v) is 3.02. The Morgan fingerprint density at radius 1 is 1.29 bits per heavy atom. The van der Waals surface area contributed by atoms with Crippen LogP contribution in [0.4, 0.5) is 18.9 Å². The van der Waals surface area contributed by atoms with E-state index in [-0.39, 0.29) is 15.8 Å². The fraction of sp³-hybridized carbons (Fsp3) is 0.357. The van der Waals surface area contributed by atoms with Crippen molar-refractivity contribution in [2.75, 3.05) is 4.90 Å². The van der Waals surface area contributed by atoms with Gasteiger partial charge >= 0.3 is 6.18 Å². The van der Waals surface area contributed by atoms with Gasteiger partial charge < -0.3 is 5.32 Å². The number of nitrogens with zero attached hydrogens (tertiary/aromatic N) is 1. The standard InChI is InChI=1S/C14H14ClF3N2S/c1-8-7-13(2,3)19-12(21)20(8)11-5-4-9(15)6-10(11)14(16,17)18/h4-7H,1-3H3,(H,19,21). The van der Waals surface area contributed by atoms with Crippen LogP contribution in [0.3, 0.4) is 0 Å². The molecule has 0 aliphatic carbocycles. The summed E-state index contributed by atoms with van der Waals surface area (Å²) < 4.78 is 39.7. The summed E-state index contributed by atoms with van der Waals surface area (Å²) in [6.07, 6.45) is -2.68. The van der Waals surface area contributed by atoms with Crippen LogP contribution in [0, 0.1) is 0 Å². The Morgan fingerprint density at radius 2 is 1.90 bits per heavy atom. The number of thiocarbonyl (C=S) groups is 1. The molecule has 21 heavy (non-hydrogen) atoms. The summed E-state index contributed by atoms with van der Waals surface area (Å²) in [5.74, 6) is 0. The third kappa shape index (κ3) is 3.32. The Kier molecular flexibility index (Phi) is 3.97. The molecule has 0 bridgehead atoms. The van der Waals surface area contributed by atoms with Gasteiger partial charge in [-0.05, 0) is 57.3 Å². The van der Waals surface area contributed by atoms with Gasteiger partial charge in [0.25, 0.3) is 0 Å². The Morgan fingerprint density at radius 3 is 2.43 bits per heavy atom. The van der Waals surface area contributed by atoms with Crippen molar-refractivity contribution < 1.29 is 13.2 Å². The van der Waals surface area contributed by atoms with E-state index in [1.54, 1.807) is 6.92 Å². The molecule has 0 spiro atoms. The summed E-state index contributed by atoms with van der Waals surface area (Å²) in [7, 11) is 0. The van der Waals surface area contributed by atoms with E-state index in [0.717, 1.165) is 6.07 Å². The molecular formula is C14H14ClF3N2S. The third-order valence-corrected chi connectivity index (χ3v) is 3.58. The van der Waals surface area contributed by atoms with E-state index in [0.29, 0.717) is 5.70 Å². The van der Waals surface area contributed by atoms with Crippen LogP contribution in [0.5, 0.6) is 0 Å². The Hall–Kier alpha value is -1.27. The van der Waals surface area contributed by atoms with Gasteiger partial charge in [-0.1, -0.05) is 11.6 Å². The molecular weight excluding hydrogens is 321 g/mol.